The Balaban J connectivity index is 1.90. The number of aromatic nitrogens is 2. The fourth-order valence-corrected chi connectivity index (χ4v) is 1.76. The van der Waals surface area contributed by atoms with Gasteiger partial charge in [-0.2, -0.15) is 5.10 Å². The highest BCUT2D eigenvalue weighted by molar-refractivity contribution is 5.91. The van der Waals surface area contributed by atoms with E-state index < -0.39 is 0 Å². The maximum absolute atomic E-state index is 11.8. The highest BCUT2D eigenvalue weighted by atomic mass is 16.5. The summed E-state index contributed by atoms with van der Waals surface area (Å²) in [7, 11) is 1.78. The van der Waals surface area contributed by atoms with E-state index in [-0.39, 0.29) is 12.5 Å². The van der Waals surface area contributed by atoms with Crippen molar-refractivity contribution in [2.45, 2.75) is 13.8 Å². The van der Waals surface area contributed by atoms with Crippen LogP contribution in [-0.2, 0) is 11.8 Å². The number of carbonyl (C=O) groups is 1. The monoisotopic (exact) mass is 259 g/mol. The number of hydrogen-bond acceptors (Lipinski definition) is 3. The van der Waals surface area contributed by atoms with Gasteiger partial charge in [-0.3, -0.25) is 9.48 Å². The largest absolute Gasteiger partial charge is 0.484 e. The summed E-state index contributed by atoms with van der Waals surface area (Å²) < 4.78 is 7.05. The first-order valence-corrected chi connectivity index (χ1v) is 6.04. The van der Waals surface area contributed by atoms with Crippen molar-refractivity contribution in [3.63, 3.8) is 0 Å². The predicted molar refractivity (Wildman–Crippen MR) is 73.2 cm³/mol. The minimum Gasteiger partial charge on any atom is -0.484 e. The summed E-state index contributed by atoms with van der Waals surface area (Å²) >= 11 is 0. The Morgan fingerprint density at radius 2 is 2.16 bits per heavy atom. The topological polar surface area (TPSA) is 56.1 Å². The summed E-state index contributed by atoms with van der Waals surface area (Å²) in [4.78, 5) is 11.8. The van der Waals surface area contributed by atoms with Gasteiger partial charge in [0.15, 0.2) is 6.61 Å². The first-order valence-electron chi connectivity index (χ1n) is 6.04. The molecule has 0 fully saturated rings. The highest BCUT2D eigenvalue weighted by Crippen LogP contribution is 2.12. The Labute approximate surface area is 112 Å². The van der Waals surface area contributed by atoms with E-state index in [2.05, 4.69) is 10.4 Å². The molecule has 1 aromatic carbocycles. The molecule has 0 saturated heterocycles. The average molecular weight is 259 g/mol. The van der Waals surface area contributed by atoms with Gasteiger partial charge in [0.25, 0.3) is 5.91 Å². The lowest BCUT2D eigenvalue weighted by Gasteiger charge is -2.07. The molecule has 0 radical (unpaired) electrons. The van der Waals surface area contributed by atoms with E-state index in [1.165, 1.54) is 0 Å². The molecule has 0 spiro atoms. The van der Waals surface area contributed by atoms with Crippen molar-refractivity contribution in [2.75, 3.05) is 11.9 Å². The number of nitrogens with zero attached hydrogens (tertiary/aromatic N) is 2. The summed E-state index contributed by atoms with van der Waals surface area (Å²) in [6.45, 7) is 3.83. The number of amides is 1. The highest BCUT2D eigenvalue weighted by Gasteiger charge is 2.07. The molecular weight excluding hydrogens is 242 g/mol. The van der Waals surface area contributed by atoms with Gasteiger partial charge >= 0.3 is 0 Å². The Hall–Kier alpha value is -2.30. The number of ether oxygens (including phenoxy) is 1. The Morgan fingerprint density at radius 3 is 2.79 bits per heavy atom. The van der Waals surface area contributed by atoms with Gasteiger partial charge in [0, 0.05) is 13.1 Å². The molecule has 5 nitrogen and oxygen atoms in total. The van der Waals surface area contributed by atoms with E-state index in [9.17, 15) is 4.79 Å². The van der Waals surface area contributed by atoms with E-state index in [0.29, 0.717) is 11.6 Å². The molecule has 2 rings (SSSR count). The van der Waals surface area contributed by atoms with Crippen molar-refractivity contribution < 1.29 is 9.53 Å². The van der Waals surface area contributed by atoms with Gasteiger partial charge in [-0.1, -0.05) is 12.1 Å². The molecule has 0 aliphatic carbocycles. The SMILES string of the molecule is Cc1cccc(OCC(=O)Nc2cc(C)nn2C)c1. The number of aryl methyl sites for hydroxylation is 3. The fourth-order valence-electron chi connectivity index (χ4n) is 1.76. The van der Waals surface area contributed by atoms with Gasteiger partial charge in [0.2, 0.25) is 0 Å². The summed E-state index contributed by atoms with van der Waals surface area (Å²) in [5, 5.41) is 6.91. The Kier molecular flexibility index (Phi) is 3.85. The van der Waals surface area contributed by atoms with E-state index in [4.69, 9.17) is 4.74 Å². The maximum Gasteiger partial charge on any atom is 0.263 e. The van der Waals surface area contributed by atoms with Crippen LogP contribution < -0.4 is 10.1 Å². The molecule has 19 heavy (non-hydrogen) atoms. The quantitative estimate of drug-likeness (QED) is 0.914. The third-order valence-electron chi connectivity index (χ3n) is 2.63. The van der Waals surface area contributed by atoms with Crippen LogP contribution in [0, 0.1) is 13.8 Å². The number of anilines is 1. The molecule has 1 heterocycles. The summed E-state index contributed by atoms with van der Waals surface area (Å²) in [5.41, 5.74) is 1.96. The molecule has 0 atom stereocenters. The zero-order valence-corrected chi connectivity index (χ0v) is 11.3. The molecule has 5 heteroatoms. The third-order valence-corrected chi connectivity index (χ3v) is 2.63. The van der Waals surface area contributed by atoms with E-state index in [1.54, 1.807) is 11.7 Å². The van der Waals surface area contributed by atoms with Gasteiger partial charge in [0.05, 0.1) is 5.69 Å². The molecule has 0 saturated carbocycles. The molecule has 0 aliphatic rings. The smallest absolute Gasteiger partial charge is 0.263 e. The van der Waals surface area contributed by atoms with Crippen molar-refractivity contribution in [3.05, 3.63) is 41.6 Å². The predicted octanol–water partition coefficient (Wildman–Crippen LogP) is 2.05. The van der Waals surface area contributed by atoms with Gasteiger partial charge < -0.3 is 10.1 Å². The van der Waals surface area contributed by atoms with Crippen molar-refractivity contribution >= 4 is 11.7 Å². The first-order chi connectivity index (χ1) is 9.04. The van der Waals surface area contributed by atoms with Crippen molar-refractivity contribution in [1.82, 2.24) is 9.78 Å². The zero-order valence-electron chi connectivity index (χ0n) is 11.3. The summed E-state index contributed by atoms with van der Waals surface area (Å²) in [6, 6.07) is 9.40. The lowest BCUT2D eigenvalue weighted by atomic mass is 10.2. The standard InChI is InChI=1S/C14H17N3O2/c1-10-5-4-6-12(7-10)19-9-14(18)15-13-8-11(2)16-17(13)3/h4-8H,9H2,1-3H3,(H,15,18). The van der Waals surface area contributed by atoms with E-state index >= 15 is 0 Å². The van der Waals surface area contributed by atoms with Gasteiger partial charge in [0.1, 0.15) is 11.6 Å². The van der Waals surface area contributed by atoms with E-state index in [0.717, 1.165) is 11.3 Å². The Morgan fingerprint density at radius 1 is 1.37 bits per heavy atom. The van der Waals surface area contributed by atoms with Gasteiger partial charge in [-0.25, -0.2) is 0 Å². The molecule has 1 amide bonds. The van der Waals surface area contributed by atoms with Crippen LogP contribution in [0.5, 0.6) is 5.75 Å². The normalized spacial score (nSPS) is 10.3. The zero-order chi connectivity index (χ0) is 13.8. The minimum absolute atomic E-state index is 0.0202. The molecule has 0 bridgehead atoms. The first kappa shape index (κ1) is 13.1. The van der Waals surface area contributed by atoms with Crippen LogP contribution in [0.15, 0.2) is 30.3 Å². The van der Waals surface area contributed by atoms with E-state index in [1.807, 2.05) is 44.2 Å². The van der Waals surface area contributed by atoms with Crippen molar-refractivity contribution in [2.24, 2.45) is 7.05 Å². The summed E-state index contributed by atoms with van der Waals surface area (Å²) in [5.74, 6) is 1.15. The number of hydrogen-bond donors (Lipinski definition) is 1. The number of benzene rings is 1. The lowest BCUT2D eigenvalue weighted by molar-refractivity contribution is -0.118. The van der Waals surface area contributed by atoms with Gasteiger partial charge in [-0.05, 0) is 31.5 Å². The second-order valence-corrected chi connectivity index (χ2v) is 4.45. The minimum atomic E-state index is -0.204. The van der Waals surface area contributed by atoms with Gasteiger partial charge in [-0.15, -0.1) is 0 Å². The molecular formula is C14H17N3O2. The van der Waals surface area contributed by atoms with Crippen LogP contribution in [0.3, 0.4) is 0 Å². The number of carbonyl (C=O) groups excluding carboxylic acids is 1. The van der Waals surface area contributed by atoms with Crippen LogP contribution in [-0.4, -0.2) is 22.3 Å². The molecule has 2 aromatic rings. The second-order valence-electron chi connectivity index (χ2n) is 4.45. The third kappa shape index (κ3) is 3.58. The molecule has 1 N–H and O–H groups in total. The lowest BCUT2D eigenvalue weighted by Crippen LogP contribution is -2.21. The molecule has 0 unspecified atom stereocenters. The molecule has 1 aromatic heterocycles. The van der Waals surface area contributed by atoms with Crippen molar-refractivity contribution in [1.29, 1.82) is 0 Å². The number of rotatable bonds is 4. The average Bonchev–Trinajstić information content (AvgIpc) is 2.65. The Bertz CT molecular complexity index is 590. The van der Waals surface area contributed by atoms with Crippen LogP contribution in [0.4, 0.5) is 5.82 Å². The van der Waals surface area contributed by atoms with Crippen LogP contribution >= 0.6 is 0 Å². The maximum atomic E-state index is 11.8. The second kappa shape index (κ2) is 5.56. The van der Waals surface area contributed by atoms with Crippen LogP contribution in [0.2, 0.25) is 0 Å². The van der Waals surface area contributed by atoms with Crippen LogP contribution in [0.1, 0.15) is 11.3 Å². The molecule has 100 valence electrons. The van der Waals surface area contributed by atoms with Crippen molar-refractivity contribution in [3.8, 4) is 5.75 Å². The summed E-state index contributed by atoms with van der Waals surface area (Å²) in [6.07, 6.45) is 0. The fraction of sp³-hybridized carbons (Fsp3) is 0.286. The number of nitrogens with one attached hydrogen (secondary N) is 1. The van der Waals surface area contributed by atoms with Crippen LogP contribution in [0.25, 0.3) is 0 Å². The molecule has 0 aliphatic heterocycles.